The average Bonchev–Trinajstić information content (AvgIpc) is 2.85. The molecule has 1 saturated heterocycles. The fourth-order valence-electron chi connectivity index (χ4n) is 1.74. The number of carbonyl (C=O) groups is 1. The zero-order chi connectivity index (χ0) is 10.8. The molecule has 2 heterocycles. The Labute approximate surface area is 109 Å². The van der Waals surface area contributed by atoms with Crippen LogP contribution in [0.5, 0.6) is 0 Å². The van der Waals surface area contributed by atoms with Gasteiger partial charge in [0, 0.05) is 19.6 Å². The Morgan fingerprint density at radius 2 is 2.44 bits per heavy atom. The second-order valence-corrected chi connectivity index (χ2v) is 4.51. The zero-order valence-corrected chi connectivity index (χ0v) is 11.3. The van der Waals surface area contributed by atoms with Gasteiger partial charge in [0.15, 0.2) is 0 Å². The molecule has 1 amide bonds. The minimum absolute atomic E-state index is 0. The second kappa shape index (κ2) is 5.70. The lowest BCUT2D eigenvalue weighted by Crippen LogP contribution is -2.38. The Kier molecular flexibility index (Phi) is 4.83. The number of likely N-dealkylation sites (N-methyl/N-ethyl adjacent to an activating group) is 1. The molecule has 0 aliphatic carbocycles. The van der Waals surface area contributed by atoms with Gasteiger partial charge in [-0.25, -0.2) is 0 Å². The van der Waals surface area contributed by atoms with Crippen LogP contribution in [0.2, 0.25) is 0 Å². The van der Waals surface area contributed by atoms with Crippen molar-refractivity contribution >= 4 is 34.2 Å². The predicted molar refractivity (Wildman–Crippen MR) is 67.0 cm³/mol. The molecule has 0 saturated carbocycles. The molecular weight excluding hydrogens is 295 g/mol. The molecule has 1 aromatic rings. The van der Waals surface area contributed by atoms with E-state index < -0.39 is 0 Å². The molecule has 4 nitrogen and oxygen atoms in total. The van der Waals surface area contributed by atoms with Gasteiger partial charge in [0.1, 0.15) is 0 Å². The Bertz CT molecular complexity index is 363. The monoisotopic (exact) mass is 308 g/mol. The highest BCUT2D eigenvalue weighted by atomic mass is 79.9. The highest BCUT2D eigenvalue weighted by Crippen LogP contribution is 2.20. The fraction of sp³-hybridized carbons (Fsp3) is 0.500. The topological polar surface area (TPSA) is 45.5 Å². The molecule has 1 atom stereocenters. The van der Waals surface area contributed by atoms with Crippen molar-refractivity contribution in [2.75, 3.05) is 20.1 Å². The van der Waals surface area contributed by atoms with Crippen LogP contribution in [0.15, 0.2) is 21.2 Å². The summed E-state index contributed by atoms with van der Waals surface area (Å²) in [6.45, 7) is 1.84. The van der Waals surface area contributed by atoms with E-state index in [4.69, 9.17) is 4.42 Å². The third-order valence-electron chi connectivity index (χ3n) is 2.71. The van der Waals surface area contributed by atoms with Crippen molar-refractivity contribution in [1.82, 2.24) is 10.2 Å². The van der Waals surface area contributed by atoms with E-state index in [2.05, 4.69) is 21.2 Å². The van der Waals surface area contributed by atoms with Crippen LogP contribution in [0.4, 0.5) is 0 Å². The van der Waals surface area contributed by atoms with Crippen molar-refractivity contribution in [1.29, 1.82) is 0 Å². The Hall–Kier alpha value is -0.520. The summed E-state index contributed by atoms with van der Waals surface area (Å²) in [4.78, 5) is 13.7. The SMILES string of the molecule is CN(C(=O)c1occc1Br)C1CCNC1.Cl. The number of furan rings is 1. The third kappa shape index (κ3) is 2.59. The van der Waals surface area contributed by atoms with Crippen molar-refractivity contribution in [2.24, 2.45) is 0 Å². The van der Waals surface area contributed by atoms with Crippen LogP contribution in [0.3, 0.4) is 0 Å². The van der Waals surface area contributed by atoms with Gasteiger partial charge in [-0.05, 0) is 35.0 Å². The largest absolute Gasteiger partial charge is 0.458 e. The molecule has 0 radical (unpaired) electrons. The van der Waals surface area contributed by atoms with Crippen LogP contribution >= 0.6 is 28.3 Å². The predicted octanol–water partition coefficient (Wildman–Crippen LogP) is 1.90. The molecule has 1 N–H and O–H groups in total. The van der Waals surface area contributed by atoms with Crippen LogP contribution in [0.1, 0.15) is 17.0 Å². The van der Waals surface area contributed by atoms with E-state index in [0.717, 1.165) is 19.5 Å². The molecule has 1 unspecified atom stereocenters. The van der Waals surface area contributed by atoms with E-state index in [1.807, 2.05) is 7.05 Å². The minimum Gasteiger partial charge on any atom is -0.458 e. The quantitative estimate of drug-likeness (QED) is 0.907. The summed E-state index contributed by atoms with van der Waals surface area (Å²) >= 11 is 3.29. The zero-order valence-electron chi connectivity index (χ0n) is 8.90. The maximum absolute atomic E-state index is 12.0. The van der Waals surface area contributed by atoms with Crippen molar-refractivity contribution in [2.45, 2.75) is 12.5 Å². The summed E-state index contributed by atoms with van der Waals surface area (Å²) in [6.07, 6.45) is 2.51. The van der Waals surface area contributed by atoms with Gasteiger partial charge in [-0.3, -0.25) is 4.79 Å². The molecule has 2 rings (SSSR count). The van der Waals surface area contributed by atoms with Crippen LogP contribution in [-0.2, 0) is 0 Å². The summed E-state index contributed by atoms with van der Waals surface area (Å²) in [5, 5.41) is 3.23. The lowest BCUT2D eigenvalue weighted by atomic mass is 10.2. The van der Waals surface area contributed by atoms with Crippen molar-refractivity contribution in [3.05, 3.63) is 22.6 Å². The number of rotatable bonds is 2. The van der Waals surface area contributed by atoms with Gasteiger partial charge in [-0.2, -0.15) is 0 Å². The Morgan fingerprint density at radius 3 is 2.94 bits per heavy atom. The molecule has 1 aromatic heterocycles. The van der Waals surface area contributed by atoms with Gasteiger partial charge in [-0.1, -0.05) is 0 Å². The lowest BCUT2D eigenvalue weighted by molar-refractivity contribution is 0.0710. The van der Waals surface area contributed by atoms with Crippen LogP contribution in [0.25, 0.3) is 0 Å². The number of amides is 1. The van der Waals surface area contributed by atoms with Gasteiger partial charge in [0.25, 0.3) is 5.91 Å². The van der Waals surface area contributed by atoms with Gasteiger partial charge < -0.3 is 14.6 Å². The Morgan fingerprint density at radius 1 is 1.69 bits per heavy atom. The normalized spacial score (nSPS) is 19.2. The number of hydrogen-bond donors (Lipinski definition) is 1. The average molecular weight is 310 g/mol. The molecular formula is C10H14BrClN2O2. The lowest BCUT2D eigenvalue weighted by Gasteiger charge is -2.22. The van der Waals surface area contributed by atoms with E-state index in [9.17, 15) is 4.79 Å². The van der Waals surface area contributed by atoms with Gasteiger partial charge in [-0.15, -0.1) is 12.4 Å². The minimum atomic E-state index is -0.0689. The number of carbonyl (C=O) groups excluding carboxylic acids is 1. The van der Waals surface area contributed by atoms with Gasteiger partial charge in [0.05, 0.1) is 10.7 Å². The molecule has 1 aliphatic heterocycles. The first kappa shape index (κ1) is 13.5. The number of nitrogens with one attached hydrogen (secondary N) is 1. The second-order valence-electron chi connectivity index (χ2n) is 3.66. The van der Waals surface area contributed by atoms with Crippen LogP contribution in [-0.4, -0.2) is 37.0 Å². The first-order valence-corrected chi connectivity index (χ1v) is 5.70. The molecule has 0 aromatic carbocycles. The van der Waals surface area contributed by atoms with Crippen LogP contribution in [0, 0.1) is 0 Å². The molecule has 0 bridgehead atoms. The third-order valence-corrected chi connectivity index (χ3v) is 3.34. The molecule has 0 spiro atoms. The van der Waals surface area contributed by atoms with Crippen LogP contribution < -0.4 is 5.32 Å². The molecule has 6 heteroatoms. The highest BCUT2D eigenvalue weighted by Gasteiger charge is 2.26. The summed E-state index contributed by atoms with van der Waals surface area (Å²) in [5.41, 5.74) is 0. The number of hydrogen-bond acceptors (Lipinski definition) is 3. The van der Waals surface area contributed by atoms with E-state index in [1.165, 1.54) is 6.26 Å². The first-order valence-electron chi connectivity index (χ1n) is 4.91. The molecule has 1 fully saturated rings. The van der Waals surface area contributed by atoms with Crippen molar-refractivity contribution in [3.8, 4) is 0 Å². The summed E-state index contributed by atoms with van der Waals surface area (Å²) < 4.78 is 5.86. The molecule has 90 valence electrons. The number of halogens is 2. The Balaban J connectivity index is 0.00000128. The van der Waals surface area contributed by atoms with E-state index in [0.29, 0.717) is 10.2 Å². The van der Waals surface area contributed by atoms with Gasteiger partial charge in [0.2, 0.25) is 5.76 Å². The van der Waals surface area contributed by atoms with Gasteiger partial charge >= 0.3 is 0 Å². The molecule has 16 heavy (non-hydrogen) atoms. The van der Waals surface area contributed by atoms with Crippen molar-refractivity contribution < 1.29 is 9.21 Å². The number of nitrogens with zero attached hydrogens (tertiary/aromatic N) is 1. The highest BCUT2D eigenvalue weighted by molar-refractivity contribution is 9.10. The van der Waals surface area contributed by atoms with Crippen molar-refractivity contribution in [3.63, 3.8) is 0 Å². The van der Waals surface area contributed by atoms with E-state index in [-0.39, 0.29) is 24.4 Å². The fourth-order valence-corrected chi connectivity index (χ4v) is 2.11. The smallest absolute Gasteiger partial charge is 0.290 e. The molecule has 1 aliphatic rings. The maximum Gasteiger partial charge on any atom is 0.290 e. The summed E-state index contributed by atoms with van der Waals surface area (Å²) in [6, 6.07) is 2.00. The summed E-state index contributed by atoms with van der Waals surface area (Å²) in [5.74, 6) is 0.310. The standard InChI is InChI=1S/C10H13BrN2O2.ClH/c1-13(7-2-4-12-6-7)10(14)9-8(11)3-5-15-9;/h3,5,7,12H,2,4,6H2,1H3;1H. The first-order chi connectivity index (χ1) is 7.20. The van der Waals surface area contributed by atoms with E-state index in [1.54, 1.807) is 11.0 Å². The maximum atomic E-state index is 12.0. The van der Waals surface area contributed by atoms with E-state index >= 15 is 0 Å². The summed E-state index contributed by atoms with van der Waals surface area (Å²) in [7, 11) is 1.81.